The van der Waals surface area contributed by atoms with Crippen molar-refractivity contribution in [2.45, 2.75) is 20.3 Å². The zero-order chi connectivity index (χ0) is 15.2. The second-order valence-electron chi connectivity index (χ2n) is 4.62. The highest BCUT2D eigenvalue weighted by molar-refractivity contribution is 7.12. The number of hydrogen-bond donors (Lipinski definition) is 2. The van der Waals surface area contributed by atoms with Crippen LogP contribution in [0.3, 0.4) is 0 Å². The summed E-state index contributed by atoms with van der Waals surface area (Å²) in [6.45, 7) is 4.20. The van der Waals surface area contributed by atoms with Gasteiger partial charge in [-0.2, -0.15) is 0 Å². The van der Waals surface area contributed by atoms with E-state index in [9.17, 15) is 9.59 Å². The van der Waals surface area contributed by atoms with Crippen molar-refractivity contribution < 1.29 is 9.59 Å². The molecule has 110 valence electrons. The van der Waals surface area contributed by atoms with Crippen molar-refractivity contribution in [3.63, 3.8) is 0 Å². The van der Waals surface area contributed by atoms with Crippen LogP contribution >= 0.6 is 11.3 Å². The molecule has 0 saturated heterocycles. The van der Waals surface area contributed by atoms with Crippen molar-refractivity contribution in [3.8, 4) is 0 Å². The molecule has 2 rings (SSSR count). The third-order valence-electron chi connectivity index (χ3n) is 2.89. The summed E-state index contributed by atoms with van der Waals surface area (Å²) >= 11 is 1.59. The van der Waals surface area contributed by atoms with Gasteiger partial charge < -0.3 is 10.6 Å². The van der Waals surface area contributed by atoms with Crippen LogP contribution in [0, 0.1) is 13.8 Å². The molecule has 0 aliphatic heterocycles. The Bertz CT molecular complexity index is 638. The first-order chi connectivity index (χ1) is 10.1. The normalized spacial score (nSPS) is 10.2. The smallest absolute Gasteiger partial charge is 0.252 e. The first-order valence-electron chi connectivity index (χ1n) is 6.61. The lowest BCUT2D eigenvalue weighted by molar-refractivity contribution is -0.116. The maximum absolute atomic E-state index is 12.0. The Morgan fingerprint density at radius 2 is 1.95 bits per heavy atom. The number of rotatable bonds is 5. The minimum atomic E-state index is -0.139. The van der Waals surface area contributed by atoms with E-state index in [-0.39, 0.29) is 18.2 Å². The van der Waals surface area contributed by atoms with E-state index < -0.39 is 0 Å². The minimum Gasteiger partial charge on any atom is -0.351 e. The molecular weight excluding hydrogens is 286 g/mol. The first-order valence-corrected chi connectivity index (χ1v) is 7.43. The molecular formula is C15H17N3O2S. The predicted octanol–water partition coefficient (Wildman–Crippen LogP) is 2.52. The number of aromatic nitrogens is 1. The van der Waals surface area contributed by atoms with Gasteiger partial charge in [-0.1, -0.05) is 0 Å². The number of carbonyl (C=O) groups excluding carboxylic acids is 2. The minimum absolute atomic E-state index is 0.131. The average molecular weight is 303 g/mol. The molecule has 0 bridgehead atoms. The number of aryl methyl sites for hydroxylation is 2. The monoisotopic (exact) mass is 303 g/mol. The zero-order valence-electron chi connectivity index (χ0n) is 12.0. The van der Waals surface area contributed by atoms with E-state index in [1.807, 2.05) is 19.9 Å². The molecule has 21 heavy (non-hydrogen) atoms. The SMILES string of the molecule is Cc1cc(C(=O)NCCC(=O)Nc2ccncc2)c(C)s1. The molecule has 2 aromatic heterocycles. The van der Waals surface area contributed by atoms with Crippen LogP contribution in [0.5, 0.6) is 0 Å². The highest BCUT2D eigenvalue weighted by Gasteiger charge is 2.11. The van der Waals surface area contributed by atoms with Crippen LogP contribution in [0.4, 0.5) is 5.69 Å². The summed E-state index contributed by atoms with van der Waals surface area (Å²) in [4.78, 5) is 29.7. The van der Waals surface area contributed by atoms with E-state index in [0.717, 1.165) is 9.75 Å². The standard InChI is InChI=1S/C15H17N3O2S/c1-10-9-13(11(2)21-10)15(20)17-8-5-14(19)18-12-3-6-16-7-4-12/h3-4,6-7,9H,5,8H2,1-2H3,(H,17,20)(H,16,18,19). The van der Waals surface area contributed by atoms with Gasteiger partial charge in [0.05, 0.1) is 5.56 Å². The molecule has 0 unspecified atom stereocenters. The molecule has 2 amide bonds. The van der Waals surface area contributed by atoms with Crippen LogP contribution in [0.25, 0.3) is 0 Å². The van der Waals surface area contributed by atoms with Crippen LogP contribution in [0.15, 0.2) is 30.6 Å². The fraction of sp³-hybridized carbons (Fsp3) is 0.267. The molecule has 0 aliphatic rings. The van der Waals surface area contributed by atoms with Crippen LogP contribution < -0.4 is 10.6 Å². The Balaban J connectivity index is 1.78. The van der Waals surface area contributed by atoms with Crippen molar-refractivity contribution in [2.24, 2.45) is 0 Å². The molecule has 2 N–H and O–H groups in total. The van der Waals surface area contributed by atoms with E-state index in [1.165, 1.54) is 0 Å². The number of nitrogens with one attached hydrogen (secondary N) is 2. The third kappa shape index (κ3) is 4.39. The molecule has 0 aliphatic carbocycles. The van der Waals surface area contributed by atoms with E-state index in [4.69, 9.17) is 0 Å². The third-order valence-corrected chi connectivity index (χ3v) is 3.85. The Morgan fingerprint density at radius 3 is 2.57 bits per heavy atom. The quantitative estimate of drug-likeness (QED) is 0.891. The Hall–Kier alpha value is -2.21. The van der Waals surface area contributed by atoms with Gasteiger partial charge in [0.25, 0.3) is 5.91 Å². The summed E-state index contributed by atoms with van der Waals surface area (Å²) in [5.74, 6) is -0.270. The summed E-state index contributed by atoms with van der Waals surface area (Å²) in [6, 6.07) is 5.30. The van der Waals surface area contributed by atoms with E-state index >= 15 is 0 Å². The summed E-state index contributed by atoms with van der Waals surface area (Å²) < 4.78 is 0. The predicted molar refractivity (Wildman–Crippen MR) is 83.6 cm³/mol. The van der Waals surface area contributed by atoms with Gasteiger partial charge >= 0.3 is 0 Å². The van der Waals surface area contributed by atoms with Gasteiger partial charge in [0, 0.05) is 40.8 Å². The highest BCUT2D eigenvalue weighted by Crippen LogP contribution is 2.20. The maximum Gasteiger partial charge on any atom is 0.252 e. The van der Waals surface area contributed by atoms with Crippen LogP contribution in [0.1, 0.15) is 26.5 Å². The summed E-state index contributed by atoms with van der Waals surface area (Å²) in [5, 5.41) is 5.51. The topological polar surface area (TPSA) is 71.1 Å². The van der Waals surface area contributed by atoms with E-state index in [0.29, 0.717) is 17.8 Å². The number of hydrogen-bond acceptors (Lipinski definition) is 4. The van der Waals surface area contributed by atoms with Gasteiger partial charge in [0.15, 0.2) is 0 Å². The molecule has 0 atom stereocenters. The number of nitrogens with zero attached hydrogens (tertiary/aromatic N) is 1. The lowest BCUT2D eigenvalue weighted by Crippen LogP contribution is -2.27. The summed E-state index contributed by atoms with van der Waals surface area (Å²) in [5.41, 5.74) is 1.39. The van der Waals surface area contributed by atoms with Crippen molar-refractivity contribution in [1.82, 2.24) is 10.3 Å². The van der Waals surface area contributed by atoms with Crippen molar-refractivity contribution >= 4 is 28.8 Å². The maximum atomic E-state index is 12.0. The van der Waals surface area contributed by atoms with Crippen molar-refractivity contribution in [1.29, 1.82) is 0 Å². The molecule has 2 aromatic rings. The van der Waals surface area contributed by atoms with Crippen molar-refractivity contribution in [2.75, 3.05) is 11.9 Å². The van der Waals surface area contributed by atoms with Gasteiger partial charge in [0.2, 0.25) is 5.91 Å². The Kier molecular flexibility index (Phi) is 5.05. The van der Waals surface area contributed by atoms with Gasteiger partial charge in [-0.05, 0) is 32.0 Å². The molecule has 0 aromatic carbocycles. The second kappa shape index (κ2) is 6.99. The van der Waals surface area contributed by atoms with Gasteiger partial charge in [-0.15, -0.1) is 11.3 Å². The second-order valence-corrected chi connectivity index (χ2v) is 6.08. The van der Waals surface area contributed by atoms with Gasteiger partial charge in [0.1, 0.15) is 0 Å². The van der Waals surface area contributed by atoms with E-state index in [1.54, 1.807) is 35.9 Å². The lowest BCUT2D eigenvalue weighted by atomic mass is 10.2. The number of amides is 2. The van der Waals surface area contributed by atoms with Gasteiger partial charge in [-0.25, -0.2) is 0 Å². The fourth-order valence-corrected chi connectivity index (χ4v) is 2.82. The fourth-order valence-electron chi connectivity index (χ4n) is 1.90. The molecule has 0 saturated carbocycles. The number of thiophene rings is 1. The summed E-state index contributed by atoms with van der Waals surface area (Å²) in [6.07, 6.45) is 3.45. The Morgan fingerprint density at radius 1 is 1.24 bits per heavy atom. The molecule has 0 radical (unpaired) electrons. The number of pyridine rings is 1. The van der Waals surface area contributed by atoms with Crippen LogP contribution in [0.2, 0.25) is 0 Å². The lowest BCUT2D eigenvalue weighted by Gasteiger charge is -2.06. The Labute approximate surface area is 127 Å². The molecule has 0 fully saturated rings. The zero-order valence-corrected chi connectivity index (χ0v) is 12.8. The molecule has 5 nitrogen and oxygen atoms in total. The van der Waals surface area contributed by atoms with Crippen molar-refractivity contribution in [3.05, 3.63) is 45.9 Å². The van der Waals surface area contributed by atoms with Gasteiger partial charge in [-0.3, -0.25) is 14.6 Å². The number of carbonyl (C=O) groups is 2. The summed E-state index contributed by atoms with van der Waals surface area (Å²) in [7, 11) is 0. The molecule has 2 heterocycles. The van der Waals surface area contributed by atoms with Crippen LogP contribution in [-0.4, -0.2) is 23.3 Å². The highest BCUT2D eigenvalue weighted by atomic mass is 32.1. The first kappa shape index (κ1) is 15.2. The number of anilines is 1. The average Bonchev–Trinajstić information content (AvgIpc) is 2.79. The molecule has 6 heteroatoms. The van der Waals surface area contributed by atoms with E-state index in [2.05, 4.69) is 15.6 Å². The van der Waals surface area contributed by atoms with Crippen LogP contribution in [-0.2, 0) is 4.79 Å². The largest absolute Gasteiger partial charge is 0.351 e. The molecule has 0 spiro atoms.